The lowest BCUT2D eigenvalue weighted by Gasteiger charge is -2.10. The number of ether oxygens (including phenoxy) is 1. The second-order valence-corrected chi connectivity index (χ2v) is 4.29. The number of aromatic nitrogens is 1. The fourth-order valence-electron chi connectivity index (χ4n) is 1.64. The van der Waals surface area contributed by atoms with Gasteiger partial charge in [0.2, 0.25) is 0 Å². The summed E-state index contributed by atoms with van der Waals surface area (Å²) in [5.41, 5.74) is 1.57. The normalized spacial score (nSPS) is 12.1. The summed E-state index contributed by atoms with van der Waals surface area (Å²) in [5.74, 6) is 0.0506. The molecule has 0 saturated carbocycles. The quantitative estimate of drug-likeness (QED) is 0.800. The van der Waals surface area contributed by atoms with Crippen LogP contribution in [0.3, 0.4) is 0 Å². The minimum absolute atomic E-state index is 0.228. The molecule has 0 aliphatic rings. The third kappa shape index (κ3) is 2.91. The average molecular weight is 255 g/mol. The van der Waals surface area contributed by atoms with Gasteiger partial charge in [-0.1, -0.05) is 19.9 Å². The Morgan fingerprint density at radius 3 is 2.44 bits per heavy atom. The monoisotopic (exact) mass is 255 g/mol. The molecule has 0 aliphatic carbocycles. The minimum atomic E-state index is -4.67. The molecule has 0 bridgehead atoms. The number of fused-ring (bicyclic) bond motifs is 1. The molecule has 1 aromatic heterocycles. The molecule has 0 saturated heterocycles. The molecule has 96 valence electrons. The zero-order chi connectivity index (χ0) is 13.3. The van der Waals surface area contributed by atoms with Crippen molar-refractivity contribution in [2.75, 3.05) is 0 Å². The number of hydrogen-bond donors (Lipinski definition) is 0. The largest absolute Gasteiger partial charge is 0.573 e. The van der Waals surface area contributed by atoms with Crippen molar-refractivity contribution in [3.05, 3.63) is 36.0 Å². The lowest BCUT2D eigenvalue weighted by Crippen LogP contribution is -2.17. The molecule has 0 N–H and O–H groups in total. The summed E-state index contributed by atoms with van der Waals surface area (Å²) in [6, 6.07) is 7.69. The van der Waals surface area contributed by atoms with Crippen molar-refractivity contribution in [3.63, 3.8) is 0 Å². The first kappa shape index (κ1) is 12.7. The summed E-state index contributed by atoms with van der Waals surface area (Å²) in [5, 5.41) is 0.626. The van der Waals surface area contributed by atoms with Gasteiger partial charge in [0.1, 0.15) is 5.75 Å². The highest BCUT2D eigenvalue weighted by molar-refractivity contribution is 5.80. The van der Waals surface area contributed by atoms with Crippen LogP contribution in [0, 0.1) is 0 Å². The second-order valence-electron chi connectivity index (χ2n) is 4.29. The van der Waals surface area contributed by atoms with E-state index >= 15 is 0 Å². The van der Waals surface area contributed by atoms with Gasteiger partial charge in [-0.3, -0.25) is 4.98 Å². The van der Waals surface area contributed by atoms with Crippen LogP contribution < -0.4 is 4.74 Å². The van der Waals surface area contributed by atoms with E-state index in [1.807, 2.05) is 19.9 Å². The fourth-order valence-corrected chi connectivity index (χ4v) is 1.64. The van der Waals surface area contributed by atoms with Gasteiger partial charge in [-0.25, -0.2) is 0 Å². The molecular weight excluding hydrogens is 243 g/mol. The number of hydrogen-bond acceptors (Lipinski definition) is 2. The summed E-state index contributed by atoms with van der Waals surface area (Å²) in [6.07, 6.45) is -4.67. The first-order chi connectivity index (χ1) is 8.35. The first-order valence-corrected chi connectivity index (χ1v) is 5.51. The molecule has 0 unspecified atom stereocenters. The van der Waals surface area contributed by atoms with E-state index in [0.717, 1.165) is 5.69 Å². The van der Waals surface area contributed by atoms with E-state index in [-0.39, 0.29) is 11.7 Å². The maximum atomic E-state index is 12.1. The van der Waals surface area contributed by atoms with Gasteiger partial charge in [0.15, 0.2) is 0 Å². The Kier molecular flexibility index (Phi) is 3.15. The van der Waals surface area contributed by atoms with Crippen molar-refractivity contribution in [1.29, 1.82) is 0 Å². The zero-order valence-electron chi connectivity index (χ0n) is 9.95. The van der Waals surface area contributed by atoms with Gasteiger partial charge in [0.25, 0.3) is 0 Å². The van der Waals surface area contributed by atoms with Crippen LogP contribution in [0.2, 0.25) is 0 Å². The van der Waals surface area contributed by atoms with Crippen LogP contribution in [-0.4, -0.2) is 11.3 Å². The highest BCUT2D eigenvalue weighted by Gasteiger charge is 2.31. The summed E-state index contributed by atoms with van der Waals surface area (Å²) in [4.78, 5) is 4.38. The highest BCUT2D eigenvalue weighted by atomic mass is 19.4. The summed E-state index contributed by atoms with van der Waals surface area (Å²) < 4.78 is 40.1. The van der Waals surface area contributed by atoms with Crippen molar-refractivity contribution in [2.24, 2.45) is 0 Å². The minimum Gasteiger partial charge on any atom is -0.406 e. The van der Waals surface area contributed by atoms with Crippen LogP contribution in [0.5, 0.6) is 5.75 Å². The molecule has 18 heavy (non-hydrogen) atoms. The van der Waals surface area contributed by atoms with Crippen molar-refractivity contribution >= 4 is 10.9 Å². The van der Waals surface area contributed by atoms with E-state index in [2.05, 4.69) is 9.72 Å². The smallest absolute Gasteiger partial charge is 0.406 e. The van der Waals surface area contributed by atoms with Crippen LogP contribution in [0.15, 0.2) is 30.3 Å². The lowest BCUT2D eigenvalue weighted by atomic mass is 10.1. The number of pyridine rings is 1. The highest BCUT2D eigenvalue weighted by Crippen LogP contribution is 2.26. The molecule has 2 nitrogen and oxygen atoms in total. The maximum absolute atomic E-state index is 12.1. The van der Waals surface area contributed by atoms with Gasteiger partial charge in [-0.05, 0) is 30.2 Å². The molecule has 0 atom stereocenters. The predicted molar refractivity (Wildman–Crippen MR) is 62.5 cm³/mol. The van der Waals surface area contributed by atoms with E-state index in [9.17, 15) is 13.2 Å². The Bertz CT molecular complexity index is 564. The number of halogens is 3. The molecule has 2 aromatic rings. The molecule has 1 heterocycles. The Labute approximate surface area is 102 Å². The van der Waals surface area contributed by atoms with E-state index in [4.69, 9.17) is 0 Å². The molecule has 1 aromatic carbocycles. The Morgan fingerprint density at radius 1 is 1.11 bits per heavy atom. The number of rotatable bonds is 2. The summed E-state index contributed by atoms with van der Waals surface area (Å²) in [6.45, 7) is 4.02. The van der Waals surface area contributed by atoms with E-state index in [1.165, 1.54) is 18.2 Å². The predicted octanol–water partition coefficient (Wildman–Crippen LogP) is 4.26. The fraction of sp³-hybridized carbons (Fsp3) is 0.308. The van der Waals surface area contributed by atoms with E-state index < -0.39 is 6.36 Å². The lowest BCUT2D eigenvalue weighted by molar-refractivity contribution is -0.274. The molecule has 0 fully saturated rings. The molecule has 0 radical (unpaired) electrons. The molecule has 0 spiro atoms. The van der Waals surface area contributed by atoms with Gasteiger partial charge in [0, 0.05) is 11.1 Å². The Hall–Kier alpha value is -1.78. The van der Waals surface area contributed by atoms with Crippen LogP contribution in [-0.2, 0) is 0 Å². The molecule has 2 rings (SSSR count). The zero-order valence-corrected chi connectivity index (χ0v) is 9.95. The third-order valence-corrected chi connectivity index (χ3v) is 2.51. The van der Waals surface area contributed by atoms with E-state index in [1.54, 1.807) is 6.07 Å². The van der Waals surface area contributed by atoms with Crippen LogP contribution >= 0.6 is 0 Å². The van der Waals surface area contributed by atoms with Crippen molar-refractivity contribution in [2.45, 2.75) is 26.1 Å². The van der Waals surface area contributed by atoms with Crippen LogP contribution in [0.1, 0.15) is 25.5 Å². The van der Waals surface area contributed by atoms with Gasteiger partial charge in [-0.2, -0.15) is 0 Å². The van der Waals surface area contributed by atoms with Gasteiger partial charge >= 0.3 is 6.36 Å². The Morgan fingerprint density at radius 2 is 1.83 bits per heavy atom. The SMILES string of the molecule is CC(C)c1ccc2cc(OC(F)(F)F)ccc2n1. The summed E-state index contributed by atoms with van der Waals surface area (Å²) in [7, 11) is 0. The van der Waals surface area contributed by atoms with Gasteiger partial charge in [-0.15, -0.1) is 13.2 Å². The van der Waals surface area contributed by atoms with Gasteiger partial charge in [0.05, 0.1) is 5.52 Å². The third-order valence-electron chi connectivity index (χ3n) is 2.51. The molecule has 0 amide bonds. The maximum Gasteiger partial charge on any atom is 0.573 e. The van der Waals surface area contributed by atoms with Crippen molar-refractivity contribution in [3.8, 4) is 5.75 Å². The van der Waals surface area contributed by atoms with Crippen LogP contribution in [0.25, 0.3) is 10.9 Å². The number of benzene rings is 1. The van der Waals surface area contributed by atoms with Gasteiger partial charge < -0.3 is 4.74 Å². The molecule has 0 aliphatic heterocycles. The van der Waals surface area contributed by atoms with Crippen LogP contribution in [0.4, 0.5) is 13.2 Å². The van der Waals surface area contributed by atoms with Crippen molar-refractivity contribution < 1.29 is 17.9 Å². The van der Waals surface area contributed by atoms with Crippen molar-refractivity contribution in [1.82, 2.24) is 4.98 Å². The number of nitrogens with zero attached hydrogens (tertiary/aromatic N) is 1. The molecule has 5 heteroatoms. The topological polar surface area (TPSA) is 22.1 Å². The van der Waals surface area contributed by atoms with E-state index in [0.29, 0.717) is 10.9 Å². The average Bonchev–Trinajstić information content (AvgIpc) is 2.26. The standard InChI is InChI=1S/C13H12F3NO/c1-8(2)11-5-3-9-7-10(18-13(14,15)16)4-6-12(9)17-11/h3-8H,1-2H3. The Balaban J connectivity index is 2.38. The molecular formula is C13H12F3NO. The second kappa shape index (κ2) is 4.48. The number of alkyl halides is 3. The summed E-state index contributed by atoms with van der Waals surface area (Å²) >= 11 is 0. The first-order valence-electron chi connectivity index (χ1n) is 5.51.